The molecule has 2 atom stereocenters. The van der Waals surface area contributed by atoms with Crippen LogP contribution >= 0.6 is 0 Å². The van der Waals surface area contributed by atoms with Crippen LogP contribution in [0.1, 0.15) is 38.3 Å². The van der Waals surface area contributed by atoms with Crippen LogP contribution in [-0.2, 0) is 0 Å². The Kier molecular flexibility index (Phi) is 3.56. The molecule has 0 spiro atoms. The van der Waals surface area contributed by atoms with Crippen molar-refractivity contribution in [3.05, 3.63) is 30.1 Å². The van der Waals surface area contributed by atoms with Gasteiger partial charge in [-0.15, -0.1) is 0 Å². The predicted octanol–water partition coefficient (Wildman–Crippen LogP) is 1.95. The lowest BCUT2D eigenvalue weighted by atomic mass is 10.00. The molecule has 1 heterocycles. The summed E-state index contributed by atoms with van der Waals surface area (Å²) in [6.45, 7) is 5.38. The number of pyridine rings is 1. The summed E-state index contributed by atoms with van der Waals surface area (Å²) in [5.41, 5.74) is 7.44. The minimum Gasteiger partial charge on any atom is -0.326 e. The van der Waals surface area contributed by atoms with Crippen molar-refractivity contribution in [3.8, 4) is 0 Å². The molecule has 1 aliphatic rings. The lowest BCUT2D eigenvalue weighted by Crippen LogP contribution is -2.40. The lowest BCUT2D eigenvalue weighted by Gasteiger charge is -2.33. The predicted molar refractivity (Wildman–Crippen MR) is 66.0 cm³/mol. The smallest absolute Gasteiger partial charge is 0.0500 e. The second kappa shape index (κ2) is 4.93. The number of likely N-dealkylation sites (N-methyl/N-ethyl adjacent to an activating group) is 1. The van der Waals surface area contributed by atoms with Crippen molar-refractivity contribution < 1.29 is 0 Å². The standard InChI is InChI=1S/C13H21N3/c1-3-16(12-4-5-12)13(10(2)14)11-6-8-15-9-7-11/h6-10,12-13H,3-5,14H2,1-2H3. The van der Waals surface area contributed by atoms with Crippen molar-refractivity contribution >= 4 is 0 Å². The minimum atomic E-state index is 0.156. The van der Waals surface area contributed by atoms with Crippen molar-refractivity contribution in [1.82, 2.24) is 9.88 Å². The summed E-state index contributed by atoms with van der Waals surface area (Å²) in [5, 5.41) is 0. The van der Waals surface area contributed by atoms with E-state index < -0.39 is 0 Å². The van der Waals surface area contributed by atoms with Gasteiger partial charge in [-0.1, -0.05) is 6.92 Å². The first kappa shape index (κ1) is 11.6. The third-order valence-electron chi connectivity index (χ3n) is 3.28. The highest BCUT2D eigenvalue weighted by Gasteiger charge is 2.34. The van der Waals surface area contributed by atoms with Crippen molar-refractivity contribution in [2.45, 2.75) is 44.8 Å². The Morgan fingerprint density at radius 2 is 2.06 bits per heavy atom. The van der Waals surface area contributed by atoms with Crippen LogP contribution in [0.15, 0.2) is 24.5 Å². The average Bonchev–Trinajstić information content (AvgIpc) is 3.10. The molecule has 88 valence electrons. The van der Waals surface area contributed by atoms with E-state index in [1.165, 1.54) is 18.4 Å². The molecule has 1 aromatic heterocycles. The third-order valence-corrected chi connectivity index (χ3v) is 3.28. The first-order valence-electron chi connectivity index (χ1n) is 6.15. The van der Waals surface area contributed by atoms with Gasteiger partial charge < -0.3 is 5.73 Å². The number of hydrogen-bond acceptors (Lipinski definition) is 3. The van der Waals surface area contributed by atoms with Crippen LogP contribution in [0, 0.1) is 0 Å². The van der Waals surface area contributed by atoms with Gasteiger partial charge in [0.25, 0.3) is 0 Å². The van der Waals surface area contributed by atoms with E-state index in [2.05, 4.69) is 35.9 Å². The summed E-state index contributed by atoms with van der Waals surface area (Å²) < 4.78 is 0. The van der Waals surface area contributed by atoms with Gasteiger partial charge in [-0.05, 0) is 44.0 Å². The van der Waals surface area contributed by atoms with Crippen LogP contribution < -0.4 is 5.73 Å². The van der Waals surface area contributed by atoms with E-state index in [0.717, 1.165) is 12.6 Å². The molecule has 0 radical (unpaired) electrons. The number of rotatable bonds is 5. The minimum absolute atomic E-state index is 0.156. The fourth-order valence-electron chi connectivity index (χ4n) is 2.45. The van der Waals surface area contributed by atoms with Crippen molar-refractivity contribution in [2.24, 2.45) is 5.73 Å². The second-order valence-electron chi connectivity index (χ2n) is 4.65. The zero-order chi connectivity index (χ0) is 11.5. The molecular formula is C13H21N3. The quantitative estimate of drug-likeness (QED) is 0.823. The van der Waals surface area contributed by atoms with Crippen LogP contribution in [0.5, 0.6) is 0 Å². The Balaban J connectivity index is 2.22. The van der Waals surface area contributed by atoms with E-state index in [1.54, 1.807) is 0 Å². The second-order valence-corrected chi connectivity index (χ2v) is 4.65. The van der Waals surface area contributed by atoms with Gasteiger partial charge in [0.05, 0.1) is 0 Å². The van der Waals surface area contributed by atoms with Gasteiger partial charge in [-0.25, -0.2) is 0 Å². The molecule has 0 amide bonds. The van der Waals surface area contributed by atoms with Crippen molar-refractivity contribution in [3.63, 3.8) is 0 Å². The van der Waals surface area contributed by atoms with Crippen molar-refractivity contribution in [1.29, 1.82) is 0 Å². The zero-order valence-electron chi connectivity index (χ0n) is 10.1. The molecule has 0 aromatic carbocycles. The molecule has 1 aromatic rings. The van der Waals surface area contributed by atoms with Crippen molar-refractivity contribution in [2.75, 3.05) is 6.54 Å². The van der Waals surface area contributed by atoms with Crippen LogP contribution in [0.2, 0.25) is 0 Å². The summed E-state index contributed by atoms with van der Waals surface area (Å²) in [4.78, 5) is 6.60. The molecule has 2 N–H and O–H groups in total. The fourth-order valence-corrected chi connectivity index (χ4v) is 2.45. The molecule has 3 nitrogen and oxygen atoms in total. The Bertz CT molecular complexity index is 319. The van der Waals surface area contributed by atoms with Gasteiger partial charge in [0, 0.05) is 30.5 Å². The van der Waals surface area contributed by atoms with Gasteiger partial charge in [0.15, 0.2) is 0 Å². The van der Waals surface area contributed by atoms with E-state index in [1.807, 2.05) is 12.4 Å². The van der Waals surface area contributed by atoms with E-state index in [4.69, 9.17) is 5.73 Å². The molecule has 2 rings (SSSR count). The number of aromatic nitrogens is 1. The summed E-state index contributed by atoms with van der Waals surface area (Å²) in [6.07, 6.45) is 6.35. The molecule has 2 unspecified atom stereocenters. The Labute approximate surface area is 97.7 Å². The summed E-state index contributed by atoms with van der Waals surface area (Å²) in [6, 6.07) is 5.40. The van der Waals surface area contributed by atoms with Gasteiger partial charge in [0.2, 0.25) is 0 Å². The first-order valence-corrected chi connectivity index (χ1v) is 6.15. The van der Waals surface area contributed by atoms with Crippen LogP contribution in [0.25, 0.3) is 0 Å². The molecule has 1 aliphatic carbocycles. The third kappa shape index (κ3) is 2.42. The highest BCUT2D eigenvalue weighted by Crippen LogP contribution is 2.35. The maximum Gasteiger partial charge on any atom is 0.0500 e. The number of nitrogens with two attached hydrogens (primary N) is 1. The molecule has 1 saturated carbocycles. The normalized spacial score (nSPS) is 19.8. The molecule has 0 bridgehead atoms. The Hall–Kier alpha value is -0.930. The van der Waals surface area contributed by atoms with E-state index >= 15 is 0 Å². The van der Waals surface area contributed by atoms with E-state index in [-0.39, 0.29) is 6.04 Å². The van der Waals surface area contributed by atoms with Gasteiger partial charge >= 0.3 is 0 Å². The largest absolute Gasteiger partial charge is 0.326 e. The van der Waals surface area contributed by atoms with Crippen LogP contribution in [-0.4, -0.2) is 28.5 Å². The van der Waals surface area contributed by atoms with E-state index in [9.17, 15) is 0 Å². The average molecular weight is 219 g/mol. The topological polar surface area (TPSA) is 42.2 Å². The van der Waals surface area contributed by atoms with Crippen LogP contribution in [0.3, 0.4) is 0 Å². The SMILES string of the molecule is CCN(C1CC1)C(c1ccncc1)C(C)N. The van der Waals surface area contributed by atoms with Crippen LogP contribution in [0.4, 0.5) is 0 Å². The van der Waals surface area contributed by atoms with Gasteiger partial charge in [0.1, 0.15) is 0 Å². The fraction of sp³-hybridized carbons (Fsp3) is 0.615. The summed E-state index contributed by atoms with van der Waals surface area (Å²) in [5.74, 6) is 0. The molecule has 3 heteroatoms. The Morgan fingerprint density at radius 3 is 2.50 bits per heavy atom. The van der Waals surface area contributed by atoms with Gasteiger partial charge in [-0.3, -0.25) is 9.88 Å². The maximum absolute atomic E-state index is 6.15. The molecule has 1 fully saturated rings. The summed E-state index contributed by atoms with van der Waals surface area (Å²) in [7, 11) is 0. The lowest BCUT2D eigenvalue weighted by molar-refractivity contribution is 0.175. The maximum atomic E-state index is 6.15. The highest BCUT2D eigenvalue weighted by molar-refractivity contribution is 5.18. The molecule has 0 aliphatic heterocycles. The molecule has 16 heavy (non-hydrogen) atoms. The first-order chi connectivity index (χ1) is 7.74. The monoisotopic (exact) mass is 219 g/mol. The molecule has 0 saturated heterocycles. The number of nitrogens with zero attached hydrogens (tertiary/aromatic N) is 2. The number of hydrogen-bond donors (Lipinski definition) is 1. The highest BCUT2D eigenvalue weighted by atomic mass is 15.2. The van der Waals surface area contributed by atoms with E-state index in [0.29, 0.717) is 6.04 Å². The zero-order valence-corrected chi connectivity index (χ0v) is 10.1. The Morgan fingerprint density at radius 1 is 1.44 bits per heavy atom. The van der Waals surface area contributed by atoms with Gasteiger partial charge in [-0.2, -0.15) is 0 Å². The summed E-state index contributed by atoms with van der Waals surface area (Å²) >= 11 is 0. The molecular weight excluding hydrogens is 198 g/mol.